The van der Waals surface area contributed by atoms with E-state index in [9.17, 15) is 0 Å². The van der Waals surface area contributed by atoms with Gasteiger partial charge in [-0.25, -0.2) is 0 Å². The van der Waals surface area contributed by atoms with Crippen LogP contribution in [0.15, 0.2) is 134 Å². The molecule has 0 unspecified atom stereocenters. The second kappa shape index (κ2) is 9.85. The molecular weight excluding hydrogens is 540 g/mol. The lowest BCUT2D eigenvalue weighted by Crippen LogP contribution is -1.99. The Bertz CT molecular complexity index is 2430. The highest BCUT2D eigenvalue weighted by atomic mass is 15.0. The molecule has 0 amide bonds. The van der Waals surface area contributed by atoms with Gasteiger partial charge in [0.2, 0.25) is 0 Å². The van der Waals surface area contributed by atoms with Crippen molar-refractivity contribution in [2.45, 2.75) is 12.8 Å². The second-order valence-electron chi connectivity index (χ2n) is 11.2. The van der Waals surface area contributed by atoms with E-state index in [1.54, 1.807) is 0 Å². The zero-order valence-electron chi connectivity index (χ0n) is 23.8. The molecule has 0 spiro atoms. The van der Waals surface area contributed by atoms with Gasteiger partial charge in [0.15, 0.2) is 0 Å². The average molecular weight is 567 g/mol. The summed E-state index contributed by atoms with van der Waals surface area (Å²) in [5, 5.41) is 4.68. The number of aromatic nitrogens is 6. The minimum Gasteiger partial charge on any atom is -0.310 e. The molecule has 44 heavy (non-hydrogen) atoms. The van der Waals surface area contributed by atoms with Crippen LogP contribution in [-0.4, -0.2) is 29.1 Å². The van der Waals surface area contributed by atoms with E-state index in [4.69, 9.17) is 9.97 Å². The fourth-order valence-corrected chi connectivity index (χ4v) is 6.60. The molecule has 0 fully saturated rings. The van der Waals surface area contributed by atoms with E-state index in [2.05, 4.69) is 110 Å². The highest BCUT2D eigenvalue weighted by Crippen LogP contribution is 2.36. The number of hydrogen-bond donors (Lipinski definition) is 0. The first-order chi connectivity index (χ1) is 21.8. The summed E-state index contributed by atoms with van der Waals surface area (Å²) in [5.74, 6) is 0. The van der Waals surface area contributed by atoms with Crippen LogP contribution in [0, 0.1) is 0 Å². The summed E-state index contributed by atoms with van der Waals surface area (Å²) in [6, 6.07) is 27.5. The Morgan fingerprint density at radius 2 is 1.11 bits per heavy atom. The van der Waals surface area contributed by atoms with Crippen molar-refractivity contribution in [3.8, 4) is 28.2 Å². The molecule has 1 aliphatic rings. The maximum Gasteiger partial charge on any atom is 0.0725 e. The maximum atomic E-state index is 4.93. The Hall–Kier alpha value is -5.88. The molecular formula is C38H26N6. The molecule has 0 bridgehead atoms. The van der Waals surface area contributed by atoms with Crippen LogP contribution < -0.4 is 0 Å². The van der Waals surface area contributed by atoms with Crippen molar-refractivity contribution >= 4 is 49.3 Å². The Kier molecular flexibility index (Phi) is 5.53. The standard InChI is InChI=1S/C38H26N6/c1-3-7-27(8-4-1)43-35-21-39-17-15-29(35)31-19-33(41-23-37(31)43)25-11-13-26(14-12-25)34-20-32-30-16-18-40-22-36(30)44(38(32)24-42-34)28-9-5-2-6-10-28/h1-5,7-9,11-24H,6,10H2. The number of hydrogen-bond acceptors (Lipinski definition) is 4. The van der Waals surface area contributed by atoms with Gasteiger partial charge in [0, 0.05) is 56.4 Å². The number of allylic oxidation sites excluding steroid dienone is 4. The van der Waals surface area contributed by atoms with Crippen LogP contribution in [-0.2, 0) is 0 Å². The molecule has 1 aliphatic carbocycles. The lowest BCUT2D eigenvalue weighted by molar-refractivity contribution is 0.976. The van der Waals surface area contributed by atoms with Crippen molar-refractivity contribution in [2.75, 3.05) is 0 Å². The SMILES string of the molecule is C1=CCCC(n2c3cnccc3c3cc(-c4ccc(-c5cc6c7ccncc7n(-c7ccccc7)c6cn5)cc4)ncc32)=C1. The first-order valence-electron chi connectivity index (χ1n) is 14.8. The van der Waals surface area contributed by atoms with Crippen LogP contribution >= 0.6 is 0 Å². The maximum absolute atomic E-state index is 4.93. The summed E-state index contributed by atoms with van der Waals surface area (Å²) in [5.41, 5.74) is 10.7. The van der Waals surface area contributed by atoms with Crippen LogP contribution in [0.1, 0.15) is 12.8 Å². The molecule has 2 aromatic carbocycles. The molecule has 0 saturated carbocycles. The first kappa shape index (κ1) is 24.7. The minimum absolute atomic E-state index is 0.932. The molecule has 0 radical (unpaired) electrons. The number of pyridine rings is 4. The summed E-state index contributed by atoms with van der Waals surface area (Å²) in [6.07, 6.45) is 20.2. The van der Waals surface area contributed by atoms with E-state index < -0.39 is 0 Å². The largest absolute Gasteiger partial charge is 0.310 e. The zero-order valence-corrected chi connectivity index (χ0v) is 23.8. The number of fused-ring (bicyclic) bond motifs is 6. The van der Waals surface area contributed by atoms with E-state index in [0.717, 1.165) is 73.9 Å². The van der Waals surface area contributed by atoms with Crippen LogP contribution in [0.5, 0.6) is 0 Å². The number of rotatable bonds is 4. The topological polar surface area (TPSA) is 61.4 Å². The van der Waals surface area contributed by atoms with Crippen LogP contribution in [0.4, 0.5) is 0 Å². The molecule has 6 heteroatoms. The number of benzene rings is 2. The van der Waals surface area contributed by atoms with E-state index in [0.29, 0.717) is 0 Å². The van der Waals surface area contributed by atoms with Gasteiger partial charge in [-0.2, -0.15) is 0 Å². The average Bonchev–Trinajstić information content (AvgIpc) is 3.61. The third kappa shape index (κ3) is 3.81. The van der Waals surface area contributed by atoms with E-state index in [1.165, 1.54) is 16.5 Å². The van der Waals surface area contributed by atoms with Gasteiger partial charge in [-0.1, -0.05) is 54.6 Å². The molecule has 0 N–H and O–H groups in total. The monoisotopic (exact) mass is 566 g/mol. The number of para-hydroxylation sites is 1. The van der Waals surface area contributed by atoms with Gasteiger partial charge in [-0.05, 0) is 55.3 Å². The molecule has 6 aromatic heterocycles. The normalized spacial score (nSPS) is 13.3. The zero-order chi connectivity index (χ0) is 29.0. The van der Waals surface area contributed by atoms with Crippen molar-refractivity contribution in [2.24, 2.45) is 0 Å². The summed E-state index contributed by atoms with van der Waals surface area (Å²) < 4.78 is 4.54. The van der Waals surface area contributed by atoms with Gasteiger partial charge in [0.1, 0.15) is 0 Å². The molecule has 8 aromatic rings. The van der Waals surface area contributed by atoms with E-state index >= 15 is 0 Å². The van der Waals surface area contributed by atoms with Crippen molar-refractivity contribution in [1.29, 1.82) is 0 Å². The molecule has 9 rings (SSSR count). The highest BCUT2D eigenvalue weighted by molar-refractivity contribution is 6.11. The van der Waals surface area contributed by atoms with Crippen molar-refractivity contribution in [1.82, 2.24) is 29.1 Å². The quantitative estimate of drug-likeness (QED) is 0.213. The number of nitrogens with zero attached hydrogens (tertiary/aromatic N) is 6. The van der Waals surface area contributed by atoms with E-state index in [-0.39, 0.29) is 0 Å². The Morgan fingerprint density at radius 3 is 1.70 bits per heavy atom. The highest BCUT2D eigenvalue weighted by Gasteiger charge is 2.17. The van der Waals surface area contributed by atoms with Gasteiger partial charge >= 0.3 is 0 Å². The predicted molar refractivity (Wildman–Crippen MR) is 178 cm³/mol. The Morgan fingerprint density at radius 1 is 0.545 bits per heavy atom. The Labute approximate surface area is 253 Å². The van der Waals surface area contributed by atoms with Gasteiger partial charge in [0.25, 0.3) is 0 Å². The van der Waals surface area contributed by atoms with Crippen LogP contribution in [0.25, 0.3) is 77.5 Å². The smallest absolute Gasteiger partial charge is 0.0725 e. The summed E-state index contributed by atoms with van der Waals surface area (Å²) in [7, 11) is 0. The fraction of sp³-hybridized carbons (Fsp3) is 0.0526. The lowest BCUT2D eigenvalue weighted by Gasteiger charge is -2.13. The minimum atomic E-state index is 0.932. The molecule has 208 valence electrons. The van der Waals surface area contributed by atoms with Crippen molar-refractivity contribution in [3.05, 3.63) is 134 Å². The van der Waals surface area contributed by atoms with Gasteiger partial charge in [-0.15, -0.1) is 0 Å². The van der Waals surface area contributed by atoms with Crippen LogP contribution in [0.2, 0.25) is 0 Å². The molecule has 0 aliphatic heterocycles. The third-order valence-corrected chi connectivity index (χ3v) is 8.68. The van der Waals surface area contributed by atoms with Gasteiger partial charge in [0.05, 0.1) is 58.2 Å². The van der Waals surface area contributed by atoms with Crippen molar-refractivity contribution in [3.63, 3.8) is 0 Å². The summed E-state index contributed by atoms with van der Waals surface area (Å²) in [6.45, 7) is 0. The van der Waals surface area contributed by atoms with Crippen LogP contribution in [0.3, 0.4) is 0 Å². The summed E-state index contributed by atoms with van der Waals surface area (Å²) >= 11 is 0. The molecule has 0 saturated heterocycles. The van der Waals surface area contributed by atoms with E-state index in [1.807, 2.05) is 43.2 Å². The van der Waals surface area contributed by atoms with Gasteiger partial charge < -0.3 is 9.13 Å². The second-order valence-corrected chi connectivity index (χ2v) is 11.2. The fourth-order valence-electron chi connectivity index (χ4n) is 6.60. The van der Waals surface area contributed by atoms with Crippen molar-refractivity contribution < 1.29 is 0 Å². The lowest BCUT2D eigenvalue weighted by atomic mass is 10.0. The predicted octanol–water partition coefficient (Wildman–Crippen LogP) is 9.00. The third-order valence-electron chi connectivity index (χ3n) is 8.68. The molecule has 6 heterocycles. The summed E-state index contributed by atoms with van der Waals surface area (Å²) in [4.78, 5) is 18.7. The first-order valence-corrected chi connectivity index (χ1v) is 14.8. The van der Waals surface area contributed by atoms with Gasteiger partial charge in [-0.3, -0.25) is 19.9 Å². The molecule has 0 atom stereocenters. The Balaban J connectivity index is 1.12. The molecule has 6 nitrogen and oxygen atoms in total.